The number of hydrogen-bond acceptors (Lipinski definition) is 17. The molecule has 5 heterocycles. The van der Waals surface area contributed by atoms with Crippen LogP contribution in [0.1, 0.15) is 9.75 Å². The van der Waals surface area contributed by atoms with E-state index in [0.717, 1.165) is 35.2 Å². The lowest BCUT2D eigenvalue weighted by Gasteiger charge is -2.19. The molecular weight excluding hydrogens is 719 g/mol. The zero-order valence-corrected chi connectivity index (χ0v) is 30.3. The van der Waals surface area contributed by atoms with Crippen LogP contribution < -0.4 is 9.47 Å². The van der Waals surface area contributed by atoms with Crippen molar-refractivity contribution < 1.29 is 36.7 Å². The molecule has 1 aromatic heterocycles. The Labute approximate surface area is 265 Å². The van der Waals surface area contributed by atoms with Crippen LogP contribution in [0.15, 0.2) is 25.4 Å². The molecule has 0 aliphatic carbocycles. The Hall–Kier alpha value is 1.36. The quantitative estimate of drug-likeness (QED) is 0.213. The van der Waals surface area contributed by atoms with Gasteiger partial charge in [-0.15, -0.1) is 11.3 Å². The molecule has 0 atom stereocenters. The van der Waals surface area contributed by atoms with E-state index in [-0.39, 0.29) is 8.65 Å². The summed E-state index contributed by atoms with van der Waals surface area (Å²) < 4.78 is 63.9. The van der Waals surface area contributed by atoms with E-state index in [1.165, 1.54) is 75.5 Å². The number of hydrogen-bond donors (Lipinski definition) is 0. The molecule has 4 aliphatic heterocycles. The van der Waals surface area contributed by atoms with Gasteiger partial charge in [-0.2, -0.15) is 0 Å². The highest BCUT2D eigenvalue weighted by molar-refractivity contribution is 8.49. The summed E-state index contributed by atoms with van der Waals surface area (Å²) in [6.07, 6.45) is 4.22. The molecule has 0 saturated heterocycles. The average molecular weight is 741 g/mol. The Morgan fingerprint density at radius 3 is 1.13 bits per heavy atom. The molecule has 1 aromatic rings. The van der Waals surface area contributed by atoms with E-state index in [0.29, 0.717) is 11.5 Å². The lowest BCUT2D eigenvalue weighted by Crippen LogP contribution is -2.00. The summed E-state index contributed by atoms with van der Waals surface area (Å²) in [5.74, 6) is 1.38. The van der Waals surface area contributed by atoms with Crippen LogP contribution in [0.5, 0.6) is 11.5 Å². The zero-order chi connectivity index (χ0) is 27.9. The molecule has 0 fully saturated rings. The zero-order valence-electron chi connectivity index (χ0n) is 21.1. The summed E-state index contributed by atoms with van der Waals surface area (Å²) in [7, 11) is 2.65. The van der Waals surface area contributed by atoms with Crippen molar-refractivity contribution in [3.63, 3.8) is 0 Å². The molecule has 0 amide bonds. The van der Waals surface area contributed by atoms with Gasteiger partial charge in [0.2, 0.25) is 0 Å². The average Bonchev–Trinajstić information content (AvgIpc) is 3.73. The monoisotopic (exact) mass is 740 g/mol. The van der Waals surface area contributed by atoms with E-state index >= 15 is 0 Å². The maximum atomic E-state index is 12.8. The first-order chi connectivity index (χ1) is 18.7. The largest absolute Gasteiger partial charge is 0.491 e. The molecule has 0 unspecified atom stereocenters. The second-order valence-electron chi connectivity index (χ2n) is 7.28. The number of thioether (sulfide) groups is 8. The van der Waals surface area contributed by atoms with Gasteiger partial charge in [0.15, 0.2) is 20.1 Å². The van der Waals surface area contributed by atoms with E-state index in [2.05, 4.69) is 12.2 Å². The van der Waals surface area contributed by atoms with Crippen molar-refractivity contribution in [3.05, 3.63) is 35.2 Å². The van der Waals surface area contributed by atoms with Gasteiger partial charge in [0.1, 0.15) is 0 Å². The second-order valence-corrected chi connectivity index (χ2v) is 25.2. The molecule has 39 heavy (non-hydrogen) atoms. The fourth-order valence-corrected chi connectivity index (χ4v) is 24.3. The van der Waals surface area contributed by atoms with Gasteiger partial charge in [-0.3, -0.25) is 9.13 Å². The molecule has 19 heteroatoms. The third-order valence-electron chi connectivity index (χ3n) is 5.25. The first-order valence-electron chi connectivity index (χ1n) is 10.7. The van der Waals surface area contributed by atoms with Crippen LogP contribution in [0.3, 0.4) is 0 Å². The third kappa shape index (κ3) is 6.30. The molecule has 0 saturated carbocycles. The summed E-state index contributed by atoms with van der Waals surface area (Å²) in [6, 6.07) is 0. The number of methoxy groups -OCH3 is 2. The molecule has 0 aromatic carbocycles. The fraction of sp³-hybridized carbons (Fsp3) is 0.400. The summed E-state index contributed by atoms with van der Waals surface area (Å²) >= 11 is 14.3. The highest BCUT2D eigenvalue weighted by Gasteiger charge is 2.46. The topological polar surface area (TPSA) is 89.5 Å². The van der Waals surface area contributed by atoms with Crippen molar-refractivity contribution in [2.24, 2.45) is 0 Å². The van der Waals surface area contributed by atoms with Gasteiger partial charge in [0.25, 0.3) is 0 Å². The Morgan fingerprint density at radius 2 is 0.872 bits per heavy atom. The maximum Gasteiger partial charge on any atom is 0.353 e. The maximum absolute atomic E-state index is 12.8. The molecule has 4 aliphatic rings. The molecular formula is C20H22O8P2S9. The van der Waals surface area contributed by atoms with Crippen molar-refractivity contribution in [1.29, 1.82) is 0 Å². The minimum Gasteiger partial charge on any atom is -0.491 e. The Kier molecular flexibility index (Phi) is 10.7. The number of thiophene rings is 1. The van der Waals surface area contributed by atoms with Crippen LogP contribution in [0, 0.1) is 0 Å². The Morgan fingerprint density at radius 1 is 0.564 bits per heavy atom. The van der Waals surface area contributed by atoms with Gasteiger partial charge in [-0.05, 0) is 12.2 Å². The van der Waals surface area contributed by atoms with Crippen LogP contribution in [-0.4, -0.2) is 51.3 Å². The first kappa shape index (κ1) is 31.8. The minimum absolute atomic E-state index is 0.298. The van der Waals surface area contributed by atoms with E-state index in [1.54, 1.807) is 72.6 Å². The van der Waals surface area contributed by atoms with E-state index in [9.17, 15) is 9.13 Å². The molecule has 8 nitrogen and oxygen atoms in total. The highest BCUT2D eigenvalue weighted by atomic mass is 32.3. The normalized spacial score (nSPS) is 20.4. The summed E-state index contributed by atoms with van der Waals surface area (Å²) in [5, 5.41) is 0. The van der Waals surface area contributed by atoms with Crippen LogP contribution >= 0.6 is 121 Å². The standard InChI is InChI=1S/C20H22O8P2S9/c1-23-13-9(7-11-32-15-16(33-11)37-19(36-15)29(21,25-3)26-4)31-10(14(13)24-2)8-12-34-17-18(35-12)39-20(38-17)30(22,27-5)28-6/h7-8,19-20H,1-6H3. The van der Waals surface area contributed by atoms with Gasteiger partial charge in [0.05, 0.1) is 49.4 Å². The van der Waals surface area contributed by atoms with Crippen molar-refractivity contribution in [1.82, 2.24) is 0 Å². The van der Waals surface area contributed by atoms with Crippen LogP contribution in [0.2, 0.25) is 0 Å². The lowest BCUT2D eigenvalue weighted by molar-refractivity contribution is 0.278. The van der Waals surface area contributed by atoms with Gasteiger partial charge in [0, 0.05) is 28.4 Å². The van der Waals surface area contributed by atoms with E-state index < -0.39 is 15.2 Å². The van der Waals surface area contributed by atoms with Crippen LogP contribution in [0.25, 0.3) is 12.2 Å². The second kappa shape index (κ2) is 13.2. The van der Waals surface area contributed by atoms with Crippen molar-refractivity contribution in [2.45, 2.75) is 8.65 Å². The smallest absolute Gasteiger partial charge is 0.353 e. The highest BCUT2D eigenvalue weighted by Crippen LogP contribution is 2.75. The fourth-order valence-electron chi connectivity index (χ4n) is 3.37. The number of ether oxygens (including phenoxy) is 2. The molecule has 0 spiro atoms. The molecule has 0 radical (unpaired) electrons. The Balaban J connectivity index is 1.30. The molecule has 5 rings (SSSR count). The van der Waals surface area contributed by atoms with Crippen molar-refractivity contribution in [2.75, 3.05) is 42.7 Å². The number of rotatable bonds is 10. The van der Waals surface area contributed by atoms with Gasteiger partial charge >= 0.3 is 15.2 Å². The predicted molar refractivity (Wildman–Crippen MR) is 179 cm³/mol. The summed E-state index contributed by atoms with van der Waals surface area (Å²) in [6.45, 7) is 0. The van der Waals surface area contributed by atoms with E-state index in [4.69, 9.17) is 27.6 Å². The SMILES string of the molecule is COc1c(C=C2SC3=C(S2)SC(P(=O)(OC)OC)S3)sc(C=C2SC3=C(S2)SC(P(=O)(OC)OC)S3)c1OC. The molecule has 0 bridgehead atoms. The summed E-state index contributed by atoms with van der Waals surface area (Å²) in [5.41, 5.74) is 0. The van der Waals surface area contributed by atoms with Crippen molar-refractivity contribution >= 4 is 133 Å². The lowest BCUT2D eigenvalue weighted by atomic mass is 10.3. The van der Waals surface area contributed by atoms with Gasteiger partial charge < -0.3 is 27.6 Å². The molecule has 0 N–H and O–H groups in total. The van der Waals surface area contributed by atoms with Crippen LogP contribution in [0.4, 0.5) is 0 Å². The third-order valence-corrected chi connectivity index (χ3v) is 24.4. The van der Waals surface area contributed by atoms with E-state index in [1.807, 2.05) is 0 Å². The summed E-state index contributed by atoms with van der Waals surface area (Å²) in [4.78, 5) is 1.92. The van der Waals surface area contributed by atoms with Gasteiger partial charge in [-0.25, -0.2) is 0 Å². The predicted octanol–water partition coefficient (Wildman–Crippen LogP) is 10.1. The molecule has 214 valence electrons. The van der Waals surface area contributed by atoms with Gasteiger partial charge in [-0.1, -0.05) is 94.1 Å². The van der Waals surface area contributed by atoms with Crippen molar-refractivity contribution in [3.8, 4) is 11.5 Å². The first-order valence-corrected chi connectivity index (χ1v) is 21.5. The Bertz CT molecular complexity index is 1230. The van der Waals surface area contributed by atoms with Crippen LogP contribution in [-0.2, 0) is 27.2 Å². The minimum atomic E-state index is -3.17.